The topological polar surface area (TPSA) is 78.4 Å². The minimum atomic E-state index is -0.424. The van der Waals surface area contributed by atoms with Gasteiger partial charge in [-0.05, 0) is 30.9 Å². The summed E-state index contributed by atoms with van der Waals surface area (Å²) >= 11 is 0. The number of rotatable bonds is 7. The van der Waals surface area contributed by atoms with Crippen LogP contribution in [0.4, 0.5) is 0 Å². The van der Waals surface area contributed by atoms with Gasteiger partial charge in [-0.15, -0.1) is 0 Å². The Morgan fingerprint density at radius 3 is 2.48 bits per heavy atom. The molecule has 0 heterocycles. The van der Waals surface area contributed by atoms with Crippen molar-refractivity contribution in [3.05, 3.63) is 35.4 Å². The van der Waals surface area contributed by atoms with Crippen molar-refractivity contribution in [2.75, 3.05) is 13.1 Å². The zero-order chi connectivity index (χ0) is 15.8. The molecule has 0 fully saturated rings. The summed E-state index contributed by atoms with van der Waals surface area (Å²) in [5, 5.41) is 14.9. The van der Waals surface area contributed by atoms with Gasteiger partial charge in [0, 0.05) is 12.1 Å². The number of aryl methyl sites for hydroxylation is 1. The fourth-order valence-corrected chi connectivity index (χ4v) is 1.84. The Morgan fingerprint density at radius 2 is 1.86 bits per heavy atom. The van der Waals surface area contributed by atoms with E-state index in [2.05, 4.69) is 10.6 Å². The standard InChI is InChI=1S/C16H24N2O3/c1-11(2)14(19)8-9-17-15(20)10-18-16(21)13-7-5-4-6-12(13)3/h4-7,11,14,19H,8-10H2,1-3H3,(H,17,20)(H,18,21). The van der Waals surface area contributed by atoms with Gasteiger partial charge in [-0.25, -0.2) is 0 Å². The number of amides is 2. The molecule has 1 atom stereocenters. The molecule has 0 aromatic heterocycles. The van der Waals surface area contributed by atoms with Crippen LogP contribution in [0.3, 0.4) is 0 Å². The van der Waals surface area contributed by atoms with Crippen LogP contribution in [0.2, 0.25) is 0 Å². The van der Waals surface area contributed by atoms with Gasteiger partial charge >= 0.3 is 0 Å². The predicted octanol–water partition coefficient (Wildman–Crippen LogP) is 1.25. The molecule has 0 aliphatic carbocycles. The van der Waals surface area contributed by atoms with Crippen molar-refractivity contribution in [1.29, 1.82) is 0 Å². The SMILES string of the molecule is Cc1ccccc1C(=O)NCC(=O)NCCC(O)C(C)C. The molecule has 2 amide bonds. The van der Waals surface area contributed by atoms with Crippen molar-refractivity contribution >= 4 is 11.8 Å². The summed E-state index contributed by atoms with van der Waals surface area (Å²) in [5.74, 6) is -0.346. The van der Waals surface area contributed by atoms with E-state index in [9.17, 15) is 14.7 Å². The third-order valence-electron chi connectivity index (χ3n) is 3.33. The van der Waals surface area contributed by atoms with Gasteiger partial charge in [0.05, 0.1) is 12.6 Å². The Kier molecular flexibility index (Phi) is 6.88. The summed E-state index contributed by atoms with van der Waals surface area (Å²) in [4.78, 5) is 23.5. The van der Waals surface area contributed by atoms with Gasteiger partial charge in [0.2, 0.25) is 5.91 Å². The van der Waals surface area contributed by atoms with Gasteiger partial charge in [-0.3, -0.25) is 9.59 Å². The van der Waals surface area contributed by atoms with Crippen molar-refractivity contribution < 1.29 is 14.7 Å². The lowest BCUT2D eigenvalue weighted by molar-refractivity contribution is -0.120. The molecule has 5 nitrogen and oxygen atoms in total. The number of nitrogens with one attached hydrogen (secondary N) is 2. The molecule has 0 saturated carbocycles. The maximum absolute atomic E-state index is 11.9. The molecule has 0 spiro atoms. The van der Waals surface area contributed by atoms with Gasteiger partial charge < -0.3 is 15.7 Å². The number of hydrogen-bond donors (Lipinski definition) is 3. The quantitative estimate of drug-likeness (QED) is 0.707. The predicted molar refractivity (Wildman–Crippen MR) is 82.0 cm³/mol. The Morgan fingerprint density at radius 1 is 1.19 bits per heavy atom. The lowest BCUT2D eigenvalue weighted by Gasteiger charge is -2.14. The number of aliphatic hydroxyl groups is 1. The minimum absolute atomic E-state index is 0.0645. The van der Waals surface area contributed by atoms with Crippen molar-refractivity contribution in [2.45, 2.75) is 33.3 Å². The molecule has 0 bridgehead atoms. The van der Waals surface area contributed by atoms with Gasteiger partial charge in [0.15, 0.2) is 0 Å². The van der Waals surface area contributed by atoms with E-state index in [0.717, 1.165) is 5.56 Å². The average Bonchev–Trinajstić information content (AvgIpc) is 2.45. The Hall–Kier alpha value is -1.88. The molecule has 0 aliphatic rings. The molecule has 1 unspecified atom stereocenters. The van der Waals surface area contributed by atoms with Crippen LogP contribution in [0.15, 0.2) is 24.3 Å². The molecule has 1 aromatic rings. The highest BCUT2D eigenvalue weighted by molar-refractivity contribution is 5.97. The summed E-state index contributed by atoms with van der Waals surface area (Å²) in [6.07, 6.45) is 0.0849. The first-order valence-electron chi connectivity index (χ1n) is 7.20. The number of carbonyl (C=O) groups is 2. The normalized spacial score (nSPS) is 12.0. The third-order valence-corrected chi connectivity index (χ3v) is 3.33. The zero-order valence-corrected chi connectivity index (χ0v) is 12.8. The van der Waals surface area contributed by atoms with Gasteiger partial charge in [-0.1, -0.05) is 32.0 Å². The lowest BCUT2D eigenvalue weighted by atomic mass is 10.0. The van der Waals surface area contributed by atoms with Crippen molar-refractivity contribution in [3.8, 4) is 0 Å². The second-order valence-electron chi connectivity index (χ2n) is 5.45. The summed E-state index contributed by atoms with van der Waals surface area (Å²) < 4.78 is 0. The van der Waals surface area contributed by atoms with E-state index in [1.165, 1.54) is 0 Å². The summed E-state index contributed by atoms with van der Waals surface area (Å²) in [6, 6.07) is 7.22. The van der Waals surface area contributed by atoms with E-state index >= 15 is 0 Å². The number of carbonyl (C=O) groups excluding carboxylic acids is 2. The molecule has 3 N–H and O–H groups in total. The van der Waals surface area contributed by atoms with Crippen LogP contribution < -0.4 is 10.6 Å². The first kappa shape index (κ1) is 17.2. The molecule has 0 aliphatic heterocycles. The van der Waals surface area contributed by atoms with Crippen molar-refractivity contribution in [3.63, 3.8) is 0 Å². The van der Waals surface area contributed by atoms with Crippen molar-refractivity contribution in [2.24, 2.45) is 5.92 Å². The lowest BCUT2D eigenvalue weighted by Crippen LogP contribution is -2.38. The largest absolute Gasteiger partial charge is 0.393 e. The van der Waals surface area contributed by atoms with Crippen LogP contribution in [0.1, 0.15) is 36.2 Å². The molecule has 1 rings (SSSR count). The van der Waals surface area contributed by atoms with Crippen LogP contribution in [0.5, 0.6) is 0 Å². The van der Waals surface area contributed by atoms with Gasteiger partial charge in [-0.2, -0.15) is 0 Å². The second kappa shape index (κ2) is 8.42. The third kappa shape index (κ3) is 5.95. The minimum Gasteiger partial charge on any atom is -0.393 e. The van der Waals surface area contributed by atoms with Crippen LogP contribution in [0.25, 0.3) is 0 Å². The van der Waals surface area contributed by atoms with Crippen LogP contribution in [-0.4, -0.2) is 36.1 Å². The highest BCUT2D eigenvalue weighted by atomic mass is 16.3. The van der Waals surface area contributed by atoms with E-state index in [1.807, 2.05) is 32.9 Å². The summed E-state index contributed by atoms with van der Waals surface area (Å²) in [7, 11) is 0. The van der Waals surface area contributed by atoms with Gasteiger partial charge in [0.1, 0.15) is 0 Å². The van der Waals surface area contributed by atoms with E-state index in [4.69, 9.17) is 0 Å². The van der Waals surface area contributed by atoms with E-state index < -0.39 is 6.10 Å². The van der Waals surface area contributed by atoms with E-state index in [0.29, 0.717) is 18.5 Å². The number of aliphatic hydroxyl groups excluding tert-OH is 1. The Bertz CT molecular complexity index is 486. The zero-order valence-electron chi connectivity index (χ0n) is 12.8. The van der Waals surface area contributed by atoms with Crippen LogP contribution in [0, 0.1) is 12.8 Å². The monoisotopic (exact) mass is 292 g/mol. The average molecular weight is 292 g/mol. The molecule has 0 radical (unpaired) electrons. The Labute approximate surface area is 125 Å². The fourth-order valence-electron chi connectivity index (χ4n) is 1.84. The first-order valence-corrected chi connectivity index (χ1v) is 7.20. The van der Waals surface area contributed by atoms with Crippen LogP contribution >= 0.6 is 0 Å². The molecule has 116 valence electrons. The maximum atomic E-state index is 11.9. The van der Waals surface area contributed by atoms with Crippen molar-refractivity contribution in [1.82, 2.24) is 10.6 Å². The van der Waals surface area contributed by atoms with Gasteiger partial charge in [0.25, 0.3) is 5.91 Å². The number of hydrogen-bond acceptors (Lipinski definition) is 3. The number of benzene rings is 1. The van der Waals surface area contributed by atoms with Crippen LogP contribution in [-0.2, 0) is 4.79 Å². The molecule has 5 heteroatoms. The molecule has 21 heavy (non-hydrogen) atoms. The molecule has 0 saturated heterocycles. The van der Waals surface area contributed by atoms with E-state index in [1.54, 1.807) is 12.1 Å². The molecular weight excluding hydrogens is 268 g/mol. The smallest absolute Gasteiger partial charge is 0.251 e. The van der Waals surface area contributed by atoms with E-state index in [-0.39, 0.29) is 24.3 Å². The maximum Gasteiger partial charge on any atom is 0.251 e. The highest BCUT2D eigenvalue weighted by Crippen LogP contribution is 2.06. The summed E-state index contributed by atoms with van der Waals surface area (Å²) in [6.45, 7) is 6.04. The molecular formula is C16H24N2O3. The highest BCUT2D eigenvalue weighted by Gasteiger charge is 2.11. The molecule has 1 aromatic carbocycles. The second-order valence-corrected chi connectivity index (χ2v) is 5.45. The fraction of sp³-hybridized carbons (Fsp3) is 0.500. The Balaban J connectivity index is 2.30. The summed E-state index contributed by atoms with van der Waals surface area (Å²) in [5.41, 5.74) is 1.44. The first-order chi connectivity index (χ1) is 9.91.